The van der Waals surface area contributed by atoms with Crippen molar-refractivity contribution in [1.29, 1.82) is 0 Å². The zero-order valence-corrected chi connectivity index (χ0v) is 16.7. The minimum Gasteiger partial charge on any atom is -0.212 e. The Hall–Kier alpha value is -1.00. The molecule has 7 nitrogen and oxygen atoms in total. The van der Waals surface area contributed by atoms with Gasteiger partial charge in [0.15, 0.2) is 0 Å². The third-order valence-electron chi connectivity index (χ3n) is 4.55. The molecule has 1 fully saturated rings. The summed E-state index contributed by atoms with van der Waals surface area (Å²) in [5.41, 5.74) is 0.723. The fourth-order valence-electron chi connectivity index (χ4n) is 2.99. The lowest BCUT2D eigenvalue weighted by Gasteiger charge is -2.24. The highest BCUT2D eigenvalue weighted by Gasteiger charge is 2.41. The SMILES string of the molecule is CC(C)[C@@H]1CN(S(=O)(=O)Cc2ccccc2)C[C@H]1NS(=O)(=O)N(C)C. The van der Waals surface area contributed by atoms with Crippen molar-refractivity contribution in [2.45, 2.75) is 25.6 Å². The zero-order valence-electron chi connectivity index (χ0n) is 15.1. The van der Waals surface area contributed by atoms with Gasteiger partial charge in [0.2, 0.25) is 10.0 Å². The highest BCUT2D eigenvalue weighted by molar-refractivity contribution is 7.88. The molecule has 1 aliphatic heterocycles. The largest absolute Gasteiger partial charge is 0.279 e. The highest BCUT2D eigenvalue weighted by atomic mass is 32.2. The first-order chi connectivity index (χ1) is 11.5. The summed E-state index contributed by atoms with van der Waals surface area (Å²) in [4.78, 5) is 0. The smallest absolute Gasteiger partial charge is 0.212 e. The van der Waals surface area contributed by atoms with Crippen molar-refractivity contribution >= 4 is 20.2 Å². The summed E-state index contributed by atoms with van der Waals surface area (Å²) in [6.45, 7) is 4.45. The van der Waals surface area contributed by atoms with E-state index < -0.39 is 26.3 Å². The Balaban J connectivity index is 2.18. The van der Waals surface area contributed by atoms with Gasteiger partial charge in [-0.25, -0.2) is 8.42 Å². The van der Waals surface area contributed by atoms with Crippen LogP contribution in [0.3, 0.4) is 0 Å². The zero-order chi connectivity index (χ0) is 18.8. The summed E-state index contributed by atoms with van der Waals surface area (Å²) in [6, 6.07) is 8.57. The normalized spacial score (nSPS) is 22.8. The molecule has 0 unspecified atom stereocenters. The van der Waals surface area contributed by atoms with Crippen molar-refractivity contribution in [3.8, 4) is 0 Å². The topological polar surface area (TPSA) is 86.8 Å². The quantitative estimate of drug-likeness (QED) is 0.750. The number of hydrogen-bond donors (Lipinski definition) is 1. The molecule has 1 saturated heterocycles. The molecular weight excluding hydrogens is 362 g/mol. The van der Waals surface area contributed by atoms with E-state index in [-0.39, 0.29) is 24.1 Å². The second-order valence-electron chi connectivity index (χ2n) is 6.98. The van der Waals surface area contributed by atoms with E-state index in [1.54, 1.807) is 24.3 Å². The Morgan fingerprint density at radius 2 is 1.72 bits per heavy atom. The number of rotatable bonds is 7. The molecule has 1 aromatic rings. The van der Waals surface area contributed by atoms with Crippen LogP contribution in [0.2, 0.25) is 0 Å². The summed E-state index contributed by atoms with van der Waals surface area (Å²) >= 11 is 0. The fraction of sp³-hybridized carbons (Fsp3) is 0.625. The molecule has 9 heteroatoms. The van der Waals surface area contributed by atoms with E-state index in [9.17, 15) is 16.8 Å². The van der Waals surface area contributed by atoms with Crippen molar-refractivity contribution < 1.29 is 16.8 Å². The minimum absolute atomic E-state index is 0.0692. The van der Waals surface area contributed by atoms with Crippen LogP contribution in [0.1, 0.15) is 19.4 Å². The summed E-state index contributed by atoms with van der Waals surface area (Å²) in [5.74, 6) is 0.0123. The van der Waals surface area contributed by atoms with Gasteiger partial charge in [-0.1, -0.05) is 44.2 Å². The van der Waals surface area contributed by atoms with Crippen LogP contribution in [0, 0.1) is 11.8 Å². The van der Waals surface area contributed by atoms with E-state index in [1.807, 2.05) is 19.9 Å². The number of sulfonamides is 1. The molecule has 0 saturated carbocycles. The molecule has 2 atom stereocenters. The van der Waals surface area contributed by atoms with Crippen LogP contribution in [0.5, 0.6) is 0 Å². The van der Waals surface area contributed by atoms with Gasteiger partial charge in [0.1, 0.15) is 0 Å². The van der Waals surface area contributed by atoms with Crippen molar-refractivity contribution in [1.82, 2.24) is 13.3 Å². The van der Waals surface area contributed by atoms with Crippen LogP contribution in [0.25, 0.3) is 0 Å². The first-order valence-electron chi connectivity index (χ1n) is 8.24. The lowest BCUT2D eigenvalue weighted by molar-refractivity contribution is 0.351. The Morgan fingerprint density at radius 1 is 1.12 bits per heavy atom. The van der Waals surface area contributed by atoms with Crippen LogP contribution in [0.4, 0.5) is 0 Å². The van der Waals surface area contributed by atoms with Gasteiger partial charge in [-0.3, -0.25) is 0 Å². The molecule has 1 aromatic carbocycles. The molecule has 0 radical (unpaired) electrons. The molecule has 1 heterocycles. The standard InChI is InChI=1S/C16H27N3O4S2/c1-13(2)15-10-19(11-16(15)17-25(22,23)18(3)4)24(20,21)12-14-8-6-5-7-9-14/h5-9,13,15-17H,10-12H2,1-4H3/t15-,16+/m0/s1. The summed E-state index contributed by atoms with van der Waals surface area (Å²) in [7, 11) is -4.22. The predicted molar refractivity (Wildman–Crippen MR) is 98.5 cm³/mol. The molecule has 142 valence electrons. The second-order valence-corrected chi connectivity index (χ2v) is 10.9. The first-order valence-corrected chi connectivity index (χ1v) is 11.3. The molecule has 1 N–H and O–H groups in total. The third-order valence-corrected chi connectivity index (χ3v) is 7.90. The van der Waals surface area contributed by atoms with E-state index in [2.05, 4.69) is 4.72 Å². The van der Waals surface area contributed by atoms with Gasteiger partial charge < -0.3 is 0 Å². The Bertz CT molecular complexity index is 777. The van der Waals surface area contributed by atoms with Gasteiger partial charge in [0.05, 0.1) is 5.75 Å². The van der Waals surface area contributed by atoms with Crippen molar-refractivity contribution in [2.75, 3.05) is 27.2 Å². The van der Waals surface area contributed by atoms with E-state index in [4.69, 9.17) is 0 Å². The molecule has 1 aliphatic rings. The predicted octanol–water partition coefficient (Wildman–Crippen LogP) is 0.869. The minimum atomic E-state index is -3.61. The van der Waals surface area contributed by atoms with Gasteiger partial charge in [-0.15, -0.1) is 0 Å². The van der Waals surface area contributed by atoms with E-state index in [0.717, 1.165) is 9.87 Å². The molecule has 0 amide bonds. The summed E-state index contributed by atoms with van der Waals surface area (Å²) in [5, 5.41) is 0. The van der Waals surface area contributed by atoms with Crippen LogP contribution < -0.4 is 4.72 Å². The molecule has 25 heavy (non-hydrogen) atoms. The maximum absolute atomic E-state index is 12.8. The Kier molecular flexibility index (Phi) is 6.26. The first kappa shape index (κ1) is 20.3. The molecule has 2 rings (SSSR count). The third kappa shape index (κ3) is 5.01. The van der Waals surface area contributed by atoms with E-state index >= 15 is 0 Å². The van der Waals surface area contributed by atoms with Gasteiger partial charge >= 0.3 is 0 Å². The molecule has 0 aromatic heterocycles. The lowest BCUT2D eigenvalue weighted by Crippen LogP contribution is -2.46. The fourth-order valence-corrected chi connectivity index (χ4v) is 5.42. The van der Waals surface area contributed by atoms with Crippen LogP contribution in [-0.2, 0) is 26.0 Å². The monoisotopic (exact) mass is 389 g/mol. The van der Waals surface area contributed by atoms with Gasteiger partial charge in [-0.2, -0.15) is 21.8 Å². The van der Waals surface area contributed by atoms with Crippen LogP contribution in [0.15, 0.2) is 30.3 Å². The van der Waals surface area contributed by atoms with Crippen molar-refractivity contribution in [3.63, 3.8) is 0 Å². The number of nitrogens with zero attached hydrogens (tertiary/aromatic N) is 2. The van der Waals surface area contributed by atoms with Crippen molar-refractivity contribution in [2.24, 2.45) is 11.8 Å². The van der Waals surface area contributed by atoms with E-state index in [0.29, 0.717) is 6.54 Å². The molecule has 0 spiro atoms. The average Bonchev–Trinajstić information content (AvgIpc) is 2.92. The number of benzene rings is 1. The van der Waals surface area contributed by atoms with Gasteiger partial charge in [-0.05, 0) is 17.4 Å². The van der Waals surface area contributed by atoms with Crippen molar-refractivity contribution in [3.05, 3.63) is 35.9 Å². The Labute approximate surface area is 151 Å². The summed E-state index contributed by atoms with van der Waals surface area (Å²) < 4.78 is 55.0. The number of nitrogens with one attached hydrogen (secondary N) is 1. The van der Waals surface area contributed by atoms with Gasteiger partial charge in [0.25, 0.3) is 10.2 Å². The van der Waals surface area contributed by atoms with Crippen LogP contribution in [-0.4, -0.2) is 58.7 Å². The summed E-state index contributed by atoms with van der Waals surface area (Å²) in [6.07, 6.45) is 0. The number of hydrogen-bond acceptors (Lipinski definition) is 4. The highest BCUT2D eigenvalue weighted by Crippen LogP contribution is 2.28. The second kappa shape index (κ2) is 7.71. The molecular formula is C16H27N3O4S2. The maximum atomic E-state index is 12.8. The lowest BCUT2D eigenvalue weighted by atomic mass is 9.92. The average molecular weight is 390 g/mol. The molecule has 0 bridgehead atoms. The van der Waals surface area contributed by atoms with E-state index in [1.165, 1.54) is 18.4 Å². The Morgan fingerprint density at radius 3 is 2.24 bits per heavy atom. The molecule has 0 aliphatic carbocycles. The van der Waals surface area contributed by atoms with Crippen LogP contribution >= 0.6 is 0 Å². The van der Waals surface area contributed by atoms with Gasteiger partial charge in [0, 0.05) is 33.2 Å². The maximum Gasteiger partial charge on any atom is 0.279 e.